The van der Waals surface area contributed by atoms with Gasteiger partial charge >= 0.3 is 0 Å². The number of nitrogens with zero attached hydrogens (tertiary/aromatic N) is 2. The summed E-state index contributed by atoms with van der Waals surface area (Å²) in [6, 6.07) is 6.97. The molecule has 0 spiro atoms. The van der Waals surface area contributed by atoms with Crippen LogP contribution in [0.15, 0.2) is 24.3 Å². The van der Waals surface area contributed by atoms with Crippen LogP contribution in [0.1, 0.15) is 12.5 Å². The van der Waals surface area contributed by atoms with Crippen LogP contribution in [-0.4, -0.2) is 9.55 Å². The van der Waals surface area contributed by atoms with Crippen molar-refractivity contribution in [3.05, 3.63) is 35.6 Å². The van der Waals surface area contributed by atoms with Crippen molar-refractivity contribution in [3.63, 3.8) is 0 Å². The molecule has 5 heteroatoms. The van der Waals surface area contributed by atoms with E-state index in [1.807, 2.05) is 30.5 Å². The summed E-state index contributed by atoms with van der Waals surface area (Å²) in [5.41, 5.74) is 8.16. The van der Waals surface area contributed by atoms with Gasteiger partial charge in [0.1, 0.15) is 5.52 Å². The minimum Gasteiger partial charge on any atom is -0.391 e. The fourth-order valence-corrected chi connectivity index (χ4v) is 3.27. The summed E-state index contributed by atoms with van der Waals surface area (Å²) in [6.07, 6.45) is 0. The first kappa shape index (κ1) is 12.2. The van der Waals surface area contributed by atoms with Crippen molar-refractivity contribution in [1.29, 1.82) is 0 Å². The number of benzene rings is 1. The first-order chi connectivity index (χ1) is 9.11. The highest BCUT2D eigenvalue weighted by Gasteiger charge is 2.17. The fourth-order valence-electron chi connectivity index (χ4n) is 2.33. The molecule has 0 fully saturated rings. The summed E-state index contributed by atoms with van der Waals surface area (Å²) in [6.45, 7) is 4.77. The van der Waals surface area contributed by atoms with Crippen molar-refractivity contribution in [3.8, 4) is 10.7 Å². The number of nitrogens with two attached hydrogens (primary N) is 1. The summed E-state index contributed by atoms with van der Waals surface area (Å²) in [5, 5.41) is 0.752. The molecule has 3 aromatic rings. The lowest BCUT2D eigenvalue weighted by Crippen LogP contribution is -1.96. The molecule has 0 aliphatic rings. The number of hydrogen-bond acceptors (Lipinski definition) is 3. The third-order valence-corrected chi connectivity index (χ3v) is 4.25. The smallest absolute Gasteiger partial charge is 0.151 e. The number of anilines is 1. The van der Waals surface area contributed by atoms with Crippen molar-refractivity contribution in [2.24, 2.45) is 0 Å². The average molecular weight is 275 g/mol. The molecule has 0 amide bonds. The van der Waals surface area contributed by atoms with Crippen LogP contribution in [0.2, 0.25) is 0 Å². The predicted octanol–water partition coefficient (Wildman–Crippen LogP) is 3.81. The number of hydrogen-bond donors (Lipinski definition) is 1. The molecule has 0 aliphatic carbocycles. The molecule has 0 radical (unpaired) electrons. The molecule has 1 aromatic carbocycles. The Labute approximate surface area is 114 Å². The molecular weight excluding hydrogens is 261 g/mol. The Kier molecular flexibility index (Phi) is 2.78. The van der Waals surface area contributed by atoms with Crippen molar-refractivity contribution >= 4 is 27.4 Å². The minimum absolute atomic E-state index is 0.284. The van der Waals surface area contributed by atoms with Gasteiger partial charge in [0.15, 0.2) is 11.6 Å². The van der Waals surface area contributed by atoms with Gasteiger partial charge in [-0.1, -0.05) is 6.07 Å². The van der Waals surface area contributed by atoms with E-state index in [1.54, 1.807) is 6.07 Å². The molecule has 2 N–H and O–H groups in total. The molecule has 0 unspecified atom stereocenters. The molecule has 3 nitrogen and oxygen atoms in total. The third kappa shape index (κ3) is 1.81. The lowest BCUT2D eigenvalue weighted by molar-refractivity contribution is 0.637. The monoisotopic (exact) mass is 275 g/mol. The van der Waals surface area contributed by atoms with E-state index in [2.05, 4.69) is 4.98 Å². The molecule has 98 valence electrons. The topological polar surface area (TPSA) is 43.8 Å². The lowest BCUT2D eigenvalue weighted by Gasteiger charge is -2.04. The molecule has 0 bridgehead atoms. The maximum atomic E-state index is 13.8. The Bertz CT molecular complexity index is 757. The number of halogens is 1. The van der Waals surface area contributed by atoms with Crippen molar-refractivity contribution in [1.82, 2.24) is 9.55 Å². The second-order valence-electron chi connectivity index (χ2n) is 4.45. The zero-order chi connectivity index (χ0) is 13.6. The van der Waals surface area contributed by atoms with E-state index in [1.165, 1.54) is 17.4 Å². The van der Waals surface area contributed by atoms with Crippen LogP contribution in [0, 0.1) is 12.7 Å². The molecule has 3 rings (SSSR count). The predicted molar refractivity (Wildman–Crippen MR) is 77.8 cm³/mol. The van der Waals surface area contributed by atoms with Crippen molar-refractivity contribution in [2.75, 3.05) is 5.73 Å². The van der Waals surface area contributed by atoms with Crippen LogP contribution in [0.4, 0.5) is 9.39 Å². The second-order valence-corrected chi connectivity index (χ2v) is 5.53. The van der Waals surface area contributed by atoms with Crippen molar-refractivity contribution in [2.45, 2.75) is 20.4 Å². The zero-order valence-electron chi connectivity index (χ0n) is 10.8. The highest BCUT2D eigenvalue weighted by atomic mass is 32.1. The van der Waals surface area contributed by atoms with Crippen LogP contribution in [0.3, 0.4) is 0 Å². The zero-order valence-corrected chi connectivity index (χ0v) is 11.6. The first-order valence-electron chi connectivity index (χ1n) is 6.13. The van der Waals surface area contributed by atoms with Gasteiger partial charge in [0, 0.05) is 6.54 Å². The summed E-state index contributed by atoms with van der Waals surface area (Å²) in [4.78, 5) is 5.48. The van der Waals surface area contributed by atoms with E-state index < -0.39 is 0 Å². The molecule has 2 aromatic heterocycles. The van der Waals surface area contributed by atoms with Gasteiger partial charge in [-0.25, -0.2) is 9.37 Å². The van der Waals surface area contributed by atoms with Gasteiger partial charge in [-0.05, 0) is 37.6 Å². The number of aromatic nitrogens is 2. The van der Waals surface area contributed by atoms with Crippen LogP contribution < -0.4 is 5.73 Å². The summed E-state index contributed by atoms with van der Waals surface area (Å²) in [5.74, 6) is 0.509. The second kappa shape index (κ2) is 4.35. The number of imidazole rings is 1. The highest BCUT2D eigenvalue weighted by molar-refractivity contribution is 7.19. The van der Waals surface area contributed by atoms with Gasteiger partial charge in [-0.15, -0.1) is 11.3 Å². The number of nitrogen functional groups attached to an aromatic ring is 1. The van der Waals surface area contributed by atoms with Gasteiger partial charge in [0.2, 0.25) is 0 Å². The average Bonchev–Trinajstić information content (AvgIpc) is 2.90. The number of rotatable bonds is 2. The van der Waals surface area contributed by atoms with E-state index in [0.717, 1.165) is 33.3 Å². The van der Waals surface area contributed by atoms with E-state index >= 15 is 0 Å². The molecule has 19 heavy (non-hydrogen) atoms. The molecule has 0 saturated heterocycles. The molecular formula is C14H14FN3S. The van der Waals surface area contributed by atoms with E-state index in [4.69, 9.17) is 5.73 Å². The maximum absolute atomic E-state index is 13.8. The first-order valence-corrected chi connectivity index (χ1v) is 6.94. The van der Waals surface area contributed by atoms with Crippen LogP contribution in [0.5, 0.6) is 0 Å². The Balaban J connectivity index is 2.35. The van der Waals surface area contributed by atoms with Crippen LogP contribution in [0.25, 0.3) is 21.7 Å². The largest absolute Gasteiger partial charge is 0.391 e. The molecule has 0 atom stereocenters. The lowest BCUT2D eigenvalue weighted by atomic mass is 10.3. The number of para-hydroxylation sites is 1. The van der Waals surface area contributed by atoms with Crippen LogP contribution in [-0.2, 0) is 6.54 Å². The van der Waals surface area contributed by atoms with E-state index in [0.29, 0.717) is 5.52 Å². The Morgan fingerprint density at radius 2 is 2.21 bits per heavy atom. The van der Waals surface area contributed by atoms with Gasteiger partial charge in [0.25, 0.3) is 0 Å². The quantitative estimate of drug-likeness (QED) is 0.772. The molecule has 2 heterocycles. The minimum atomic E-state index is -0.284. The fraction of sp³-hybridized carbons (Fsp3) is 0.214. The number of aryl methyl sites for hydroxylation is 2. The van der Waals surface area contributed by atoms with E-state index in [-0.39, 0.29) is 5.82 Å². The Morgan fingerprint density at radius 1 is 1.42 bits per heavy atom. The van der Waals surface area contributed by atoms with Crippen LogP contribution >= 0.6 is 11.3 Å². The van der Waals surface area contributed by atoms with Gasteiger partial charge in [-0.3, -0.25) is 0 Å². The number of thiophene rings is 1. The van der Waals surface area contributed by atoms with Gasteiger partial charge in [0.05, 0.1) is 15.4 Å². The van der Waals surface area contributed by atoms with Crippen molar-refractivity contribution < 1.29 is 4.39 Å². The normalized spacial score (nSPS) is 11.3. The van der Waals surface area contributed by atoms with Gasteiger partial charge < -0.3 is 10.3 Å². The summed E-state index contributed by atoms with van der Waals surface area (Å²) >= 11 is 1.49. The SMILES string of the molecule is CCn1c(-c2sc(N)cc2C)nc2c(F)cccc21. The summed E-state index contributed by atoms with van der Waals surface area (Å²) in [7, 11) is 0. The number of fused-ring (bicyclic) bond motifs is 1. The maximum Gasteiger partial charge on any atom is 0.151 e. The molecule has 0 saturated carbocycles. The summed E-state index contributed by atoms with van der Waals surface area (Å²) < 4.78 is 15.9. The van der Waals surface area contributed by atoms with E-state index in [9.17, 15) is 4.39 Å². The highest BCUT2D eigenvalue weighted by Crippen LogP contribution is 2.35. The standard InChI is InChI=1S/C14H14FN3S/c1-3-18-10-6-4-5-9(15)12(10)17-14(18)13-8(2)7-11(16)19-13/h4-7H,3,16H2,1-2H3. The Hall–Kier alpha value is -1.88. The molecule has 0 aliphatic heterocycles. The van der Waals surface area contributed by atoms with Gasteiger partial charge in [-0.2, -0.15) is 0 Å². The Morgan fingerprint density at radius 3 is 2.84 bits per heavy atom. The third-order valence-electron chi connectivity index (χ3n) is 3.19.